The highest BCUT2D eigenvalue weighted by atomic mass is 14.8. The molecule has 0 fully saturated rings. The van der Waals surface area contributed by atoms with Crippen molar-refractivity contribution in [3.63, 3.8) is 0 Å². The summed E-state index contributed by atoms with van der Waals surface area (Å²) >= 11 is 0. The molecule has 0 atom stereocenters. The maximum absolute atomic E-state index is 5.60. The molecule has 0 unspecified atom stereocenters. The number of aromatic nitrogens is 1. The molecule has 2 heteroatoms. The Kier molecular flexibility index (Phi) is 2.45. The van der Waals surface area contributed by atoms with Crippen molar-refractivity contribution >= 4 is 5.82 Å². The average molecular weight is 184 g/mol. The molecule has 0 saturated heterocycles. The number of nitrogens with two attached hydrogens (primary N) is 1. The predicted molar refractivity (Wildman–Crippen MR) is 57.9 cm³/mol. The molecule has 1 aromatic carbocycles. The standard InChI is InChI=1S/C12H12N2/c13-12-9-11(6-7-14-12)8-10-4-2-1-3-5-10/h1-7,9H,8H2,(H2,13,14). The first-order valence-corrected chi connectivity index (χ1v) is 4.59. The molecule has 0 saturated carbocycles. The fraction of sp³-hybridized carbons (Fsp3) is 0.0833. The van der Waals surface area contributed by atoms with Crippen LogP contribution in [0.2, 0.25) is 0 Å². The lowest BCUT2D eigenvalue weighted by Gasteiger charge is -2.01. The zero-order valence-electron chi connectivity index (χ0n) is 7.85. The van der Waals surface area contributed by atoms with Gasteiger partial charge < -0.3 is 5.73 Å². The summed E-state index contributed by atoms with van der Waals surface area (Å²) in [4.78, 5) is 3.96. The van der Waals surface area contributed by atoms with E-state index in [-0.39, 0.29) is 0 Å². The third kappa shape index (κ3) is 2.10. The van der Waals surface area contributed by atoms with Gasteiger partial charge in [-0.2, -0.15) is 0 Å². The number of hydrogen-bond donors (Lipinski definition) is 1. The number of benzene rings is 1. The number of nitrogens with zero attached hydrogens (tertiary/aromatic N) is 1. The second-order valence-electron chi connectivity index (χ2n) is 3.25. The maximum atomic E-state index is 5.60. The largest absolute Gasteiger partial charge is 0.384 e. The molecule has 2 aromatic rings. The summed E-state index contributed by atoms with van der Waals surface area (Å²) < 4.78 is 0. The molecule has 0 aliphatic carbocycles. The Balaban J connectivity index is 2.19. The van der Waals surface area contributed by atoms with E-state index in [4.69, 9.17) is 5.73 Å². The minimum atomic E-state index is 0.582. The first-order chi connectivity index (χ1) is 6.84. The summed E-state index contributed by atoms with van der Waals surface area (Å²) in [6, 6.07) is 14.2. The first kappa shape index (κ1) is 8.75. The van der Waals surface area contributed by atoms with Gasteiger partial charge >= 0.3 is 0 Å². The van der Waals surface area contributed by atoms with Crippen LogP contribution in [-0.2, 0) is 6.42 Å². The molecule has 0 aliphatic heterocycles. The maximum Gasteiger partial charge on any atom is 0.123 e. The van der Waals surface area contributed by atoms with E-state index >= 15 is 0 Å². The Morgan fingerprint density at radius 2 is 1.79 bits per heavy atom. The zero-order chi connectivity index (χ0) is 9.80. The van der Waals surface area contributed by atoms with Crippen LogP contribution < -0.4 is 5.73 Å². The van der Waals surface area contributed by atoms with Gasteiger partial charge in [-0.05, 0) is 29.7 Å². The highest BCUT2D eigenvalue weighted by Crippen LogP contribution is 2.10. The number of nitrogen functional groups attached to an aromatic ring is 1. The van der Waals surface area contributed by atoms with Gasteiger partial charge in [-0.3, -0.25) is 0 Å². The first-order valence-electron chi connectivity index (χ1n) is 4.59. The van der Waals surface area contributed by atoms with E-state index in [9.17, 15) is 0 Å². The molecular weight excluding hydrogens is 172 g/mol. The van der Waals surface area contributed by atoms with Crippen LogP contribution in [0, 0.1) is 0 Å². The molecule has 0 bridgehead atoms. The van der Waals surface area contributed by atoms with Gasteiger partial charge in [-0.1, -0.05) is 30.3 Å². The molecule has 0 aliphatic rings. The van der Waals surface area contributed by atoms with Crippen LogP contribution in [0.4, 0.5) is 5.82 Å². The lowest BCUT2D eigenvalue weighted by molar-refractivity contribution is 1.17. The molecule has 0 radical (unpaired) electrons. The van der Waals surface area contributed by atoms with Crippen molar-refractivity contribution in [3.8, 4) is 0 Å². The van der Waals surface area contributed by atoms with Crippen LogP contribution in [0.25, 0.3) is 0 Å². The van der Waals surface area contributed by atoms with Gasteiger partial charge in [0.15, 0.2) is 0 Å². The second-order valence-corrected chi connectivity index (χ2v) is 3.25. The van der Waals surface area contributed by atoms with E-state index in [0.717, 1.165) is 6.42 Å². The van der Waals surface area contributed by atoms with Crippen molar-refractivity contribution in [2.75, 3.05) is 5.73 Å². The summed E-state index contributed by atoms with van der Waals surface area (Å²) in [7, 11) is 0. The number of rotatable bonds is 2. The molecule has 14 heavy (non-hydrogen) atoms. The van der Waals surface area contributed by atoms with Crippen molar-refractivity contribution in [2.45, 2.75) is 6.42 Å². The van der Waals surface area contributed by atoms with E-state index in [1.54, 1.807) is 6.20 Å². The normalized spacial score (nSPS) is 10.0. The topological polar surface area (TPSA) is 38.9 Å². The second kappa shape index (κ2) is 3.92. The summed E-state index contributed by atoms with van der Waals surface area (Å²) in [6.45, 7) is 0. The third-order valence-electron chi connectivity index (χ3n) is 2.10. The summed E-state index contributed by atoms with van der Waals surface area (Å²) in [6.07, 6.45) is 2.65. The molecule has 2 N–H and O–H groups in total. The van der Waals surface area contributed by atoms with Crippen molar-refractivity contribution in [1.29, 1.82) is 0 Å². The van der Waals surface area contributed by atoms with Crippen molar-refractivity contribution in [3.05, 3.63) is 59.8 Å². The Bertz CT molecular complexity index is 410. The minimum absolute atomic E-state index is 0.582. The van der Waals surface area contributed by atoms with E-state index in [2.05, 4.69) is 17.1 Å². The van der Waals surface area contributed by atoms with Gasteiger partial charge in [-0.25, -0.2) is 4.98 Å². The molecule has 1 heterocycles. The quantitative estimate of drug-likeness (QED) is 0.777. The van der Waals surface area contributed by atoms with Crippen LogP contribution in [0.15, 0.2) is 48.7 Å². The molecule has 70 valence electrons. The van der Waals surface area contributed by atoms with Gasteiger partial charge in [0.2, 0.25) is 0 Å². The van der Waals surface area contributed by atoms with Gasteiger partial charge in [0, 0.05) is 6.20 Å². The summed E-state index contributed by atoms with van der Waals surface area (Å²) in [5.41, 5.74) is 8.09. The fourth-order valence-electron chi connectivity index (χ4n) is 1.44. The zero-order valence-corrected chi connectivity index (χ0v) is 7.85. The smallest absolute Gasteiger partial charge is 0.123 e. The van der Waals surface area contributed by atoms with E-state index in [1.165, 1.54) is 11.1 Å². The molecular formula is C12H12N2. The van der Waals surface area contributed by atoms with Crippen LogP contribution >= 0.6 is 0 Å². The number of anilines is 1. The van der Waals surface area contributed by atoms with E-state index in [0.29, 0.717) is 5.82 Å². The average Bonchev–Trinajstić information content (AvgIpc) is 2.19. The lowest BCUT2D eigenvalue weighted by atomic mass is 10.1. The third-order valence-corrected chi connectivity index (χ3v) is 2.10. The monoisotopic (exact) mass is 184 g/mol. The molecule has 0 spiro atoms. The van der Waals surface area contributed by atoms with Gasteiger partial charge in [0.05, 0.1) is 0 Å². The van der Waals surface area contributed by atoms with Crippen LogP contribution in [0.3, 0.4) is 0 Å². The highest BCUT2D eigenvalue weighted by molar-refractivity contribution is 5.34. The highest BCUT2D eigenvalue weighted by Gasteiger charge is 1.95. The van der Waals surface area contributed by atoms with Crippen molar-refractivity contribution in [1.82, 2.24) is 4.98 Å². The number of hydrogen-bond acceptors (Lipinski definition) is 2. The van der Waals surface area contributed by atoms with Crippen molar-refractivity contribution < 1.29 is 0 Å². The van der Waals surface area contributed by atoms with Gasteiger partial charge in [-0.15, -0.1) is 0 Å². The number of pyridine rings is 1. The fourth-order valence-corrected chi connectivity index (χ4v) is 1.44. The van der Waals surface area contributed by atoms with Crippen molar-refractivity contribution in [2.24, 2.45) is 0 Å². The molecule has 2 nitrogen and oxygen atoms in total. The summed E-state index contributed by atoms with van der Waals surface area (Å²) in [5.74, 6) is 0.582. The Hall–Kier alpha value is -1.83. The Morgan fingerprint density at radius 3 is 2.50 bits per heavy atom. The summed E-state index contributed by atoms with van der Waals surface area (Å²) in [5, 5.41) is 0. The Labute approximate surface area is 83.4 Å². The van der Waals surface area contributed by atoms with Crippen LogP contribution in [0.1, 0.15) is 11.1 Å². The van der Waals surface area contributed by atoms with Crippen LogP contribution in [0.5, 0.6) is 0 Å². The van der Waals surface area contributed by atoms with E-state index < -0.39 is 0 Å². The van der Waals surface area contributed by atoms with Gasteiger partial charge in [0.25, 0.3) is 0 Å². The minimum Gasteiger partial charge on any atom is -0.384 e. The van der Waals surface area contributed by atoms with Crippen LogP contribution in [-0.4, -0.2) is 4.98 Å². The Morgan fingerprint density at radius 1 is 1.00 bits per heavy atom. The molecule has 2 rings (SSSR count). The SMILES string of the molecule is Nc1cc(Cc2ccccc2)ccn1. The predicted octanol–water partition coefficient (Wildman–Crippen LogP) is 2.25. The van der Waals surface area contributed by atoms with Gasteiger partial charge in [0.1, 0.15) is 5.82 Å². The lowest BCUT2D eigenvalue weighted by Crippen LogP contribution is -1.93. The molecule has 0 amide bonds. The van der Waals surface area contributed by atoms with E-state index in [1.807, 2.05) is 30.3 Å². The molecule has 1 aromatic heterocycles.